The Morgan fingerprint density at radius 3 is 2.50 bits per heavy atom. The zero-order valence-electron chi connectivity index (χ0n) is 13.7. The number of carbonyl (C=O) groups excluding carboxylic acids is 1. The average molecular weight is 373 g/mol. The van der Waals surface area contributed by atoms with Gasteiger partial charge in [-0.25, -0.2) is 8.42 Å². The third-order valence-corrected chi connectivity index (χ3v) is 7.15. The first kappa shape index (κ1) is 17.7. The Labute approximate surface area is 147 Å². The van der Waals surface area contributed by atoms with Crippen LogP contribution in [0.4, 0.5) is 0 Å². The number of rotatable bonds is 5. The number of nitrogens with one attached hydrogen (secondary N) is 2. The molecular weight excluding hydrogens is 350 g/mol. The van der Waals surface area contributed by atoms with E-state index >= 15 is 0 Å². The van der Waals surface area contributed by atoms with Crippen LogP contribution in [0, 0.1) is 0 Å². The Bertz CT molecular complexity index is 713. The molecule has 132 valence electrons. The fourth-order valence-electron chi connectivity index (χ4n) is 2.98. The van der Waals surface area contributed by atoms with E-state index in [1.165, 1.54) is 10.4 Å². The van der Waals surface area contributed by atoms with Crippen molar-refractivity contribution in [1.29, 1.82) is 0 Å². The summed E-state index contributed by atoms with van der Waals surface area (Å²) < 4.78 is 26.9. The fourth-order valence-corrected chi connectivity index (χ4v) is 4.91. The van der Waals surface area contributed by atoms with Crippen LogP contribution in [0.3, 0.4) is 0 Å². The van der Waals surface area contributed by atoms with Crippen molar-refractivity contribution >= 4 is 27.5 Å². The van der Waals surface area contributed by atoms with Crippen molar-refractivity contribution in [3.8, 4) is 0 Å². The lowest BCUT2D eigenvalue weighted by Crippen LogP contribution is -3.19. The summed E-state index contributed by atoms with van der Waals surface area (Å²) in [5.41, 5.74) is 0. The molecule has 1 aromatic carbocycles. The van der Waals surface area contributed by atoms with E-state index in [2.05, 4.69) is 5.32 Å². The maximum Gasteiger partial charge on any atom is 0.278 e. The zero-order valence-corrected chi connectivity index (χ0v) is 15.2. The lowest BCUT2D eigenvalue weighted by atomic mass is 10.2. The Morgan fingerprint density at radius 1 is 1.29 bits per heavy atom. The van der Waals surface area contributed by atoms with E-state index in [-0.39, 0.29) is 21.9 Å². The SMILES string of the molecule is C[C@@H](C(=O)NC1CC1)[NH+]1CCN(S(=O)(=O)c2ccccc2Cl)CC1. The van der Waals surface area contributed by atoms with Gasteiger partial charge in [0.1, 0.15) is 4.90 Å². The first-order valence-electron chi connectivity index (χ1n) is 8.29. The van der Waals surface area contributed by atoms with Crippen molar-refractivity contribution in [2.45, 2.75) is 36.7 Å². The van der Waals surface area contributed by atoms with Gasteiger partial charge in [0.05, 0.1) is 31.2 Å². The minimum absolute atomic E-state index is 0.0647. The minimum atomic E-state index is -3.58. The van der Waals surface area contributed by atoms with Crippen molar-refractivity contribution in [2.75, 3.05) is 26.2 Å². The van der Waals surface area contributed by atoms with Crippen LogP contribution in [0.15, 0.2) is 29.2 Å². The molecule has 1 saturated carbocycles. The fraction of sp³-hybridized carbons (Fsp3) is 0.562. The second-order valence-electron chi connectivity index (χ2n) is 6.50. The molecular formula is C16H23ClN3O3S+. The normalized spacial score (nSPS) is 21.4. The lowest BCUT2D eigenvalue weighted by molar-refractivity contribution is -0.917. The molecule has 1 aliphatic carbocycles. The van der Waals surface area contributed by atoms with Gasteiger partial charge < -0.3 is 10.2 Å². The topological polar surface area (TPSA) is 70.9 Å². The molecule has 1 aromatic rings. The first-order valence-corrected chi connectivity index (χ1v) is 10.1. The third kappa shape index (κ3) is 3.74. The molecule has 1 saturated heterocycles. The van der Waals surface area contributed by atoms with Crippen LogP contribution in [0.25, 0.3) is 0 Å². The van der Waals surface area contributed by atoms with E-state index in [9.17, 15) is 13.2 Å². The average Bonchev–Trinajstić information content (AvgIpc) is 3.38. The molecule has 0 spiro atoms. The lowest BCUT2D eigenvalue weighted by Gasteiger charge is -2.34. The van der Waals surface area contributed by atoms with Crippen molar-refractivity contribution in [3.05, 3.63) is 29.3 Å². The summed E-state index contributed by atoms with van der Waals surface area (Å²) in [6.45, 7) is 3.92. The highest BCUT2D eigenvalue weighted by molar-refractivity contribution is 7.89. The quantitative estimate of drug-likeness (QED) is 0.758. The Kier molecular flexibility index (Phi) is 5.15. The maximum absolute atomic E-state index is 12.7. The summed E-state index contributed by atoms with van der Waals surface area (Å²) in [6, 6.07) is 6.69. The maximum atomic E-state index is 12.7. The monoisotopic (exact) mass is 372 g/mol. The van der Waals surface area contributed by atoms with Gasteiger partial charge in [0.2, 0.25) is 10.0 Å². The van der Waals surface area contributed by atoms with E-state index in [0.717, 1.165) is 17.7 Å². The van der Waals surface area contributed by atoms with Crippen LogP contribution >= 0.6 is 11.6 Å². The molecule has 1 amide bonds. The van der Waals surface area contributed by atoms with Crippen molar-refractivity contribution < 1.29 is 18.1 Å². The number of quaternary nitrogens is 1. The van der Waals surface area contributed by atoms with Crippen LogP contribution in [0.5, 0.6) is 0 Å². The zero-order chi connectivity index (χ0) is 17.3. The van der Waals surface area contributed by atoms with Crippen LogP contribution in [-0.2, 0) is 14.8 Å². The highest BCUT2D eigenvalue weighted by Gasteiger charge is 2.36. The van der Waals surface area contributed by atoms with E-state index in [0.29, 0.717) is 32.2 Å². The predicted molar refractivity (Wildman–Crippen MR) is 91.5 cm³/mol. The van der Waals surface area contributed by atoms with Gasteiger partial charge >= 0.3 is 0 Å². The summed E-state index contributed by atoms with van der Waals surface area (Å²) in [7, 11) is -3.58. The summed E-state index contributed by atoms with van der Waals surface area (Å²) in [5.74, 6) is 0.0647. The molecule has 1 atom stereocenters. The summed E-state index contributed by atoms with van der Waals surface area (Å²) in [5, 5.41) is 3.26. The summed E-state index contributed by atoms with van der Waals surface area (Å²) in [4.78, 5) is 13.4. The smallest absolute Gasteiger partial charge is 0.278 e. The van der Waals surface area contributed by atoms with Crippen LogP contribution < -0.4 is 10.2 Å². The van der Waals surface area contributed by atoms with E-state index < -0.39 is 10.0 Å². The van der Waals surface area contributed by atoms with Crippen molar-refractivity contribution in [2.24, 2.45) is 0 Å². The molecule has 3 rings (SSSR count). The van der Waals surface area contributed by atoms with Gasteiger partial charge in [0.25, 0.3) is 5.91 Å². The van der Waals surface area contributed by atoms with Crippen LogP contribution in [-0.4, -0.2) is 56.9 Å². The van der Waals surface area contributed by atoms with Gasteiger partial charge in [0, 0.05) is 6.04 Å². The largest absolute Gasteiger partial charge is 0.348 e. The second kappa shape index (κ2) is 7.00. The predicted octanol–water partition coefficient (Wildman–Crippen LogP) is -0.104. The molecule has 0 bridgehead atoms. The van der Waals surface area contributed by atoms with Crippen molar-refractivity contribution in [3.63, 3.8) is 0 Å². The first-order chi connectivity index (χ1) is 11.4. The molecule has 1 aliphatic heterocycles. The highest BCUT2D eigenvalue weighted by Crippen LogP contribution is 2.24. The van der Waals surface area contributed by atoms with Crippen LogP contribution in [0.2, 0.25) is 5.02 Å². The molecule has 24 heavy (non-hydrogen) atoms. The molecule has 6 nitrogen and oxygen atoms in total. The Balaban J connectivity index is 1.62. The van der Waals surface area contributed by atoms with E-state index in [1.807, 2.05) is 6.92 Å². The number of hydrogen-bond donors (Lipinski definition) is 2. The summed E-state index contributed by atoms with van der Waals surface area (Å²) in [6.07, 6.45) is 2.13. The van der Waals surface area contributed by atoms with Crippen LogP contribution in [0.1, 0.15) is 19.8 Å². The van der Waals surface area contributed by atoms with Gasteiger partial charge in [-0.1, -0.05) is 23.7 Å². The molecule has 0 radical (unpaired) electrons. The number of sulfonamides is 1. The standard InChI is InChI=1S/C16H22ClN3O3S/c1-12(16(21)18-13-6-7-13)19-8-10-20(11-9-19)24(22,23)15-5-3-2-4-14(15)17/h2-5,12-13H,6-11H2,1H3,(H,18,21)/p+1/t12-/m0/s1. The molecule has 0 aromatic heterocycles. The van der Waals surface area contributed by atoms with Gasteiger partial charge in [-0.15, -0.1) is 0 Å². The molecule has 1 heterocycles. The molecule has 2 aliphatic rings. The number of piperazine rings is 1. The Morgan fingerprint density at radius 2 is 1.92 bits per heavy atom. The molecule has 2 fully saturated rings. The Hall–Kier alpha value is -1.15. The summed E-state index contributed by atoms with van der Waals surface area (Å²) >= 11 is 6.04. The third-order valence-electron chi connectivity index (χ3n) is 4.75. The van der Waals surface area contributed by atoms with Gasteiger partial charge in [-0.3, -0.25) is 4.79 Å². The molecule has 2 N–H and O–H groups in total. The minimum Gasteiger partial charge on any atom is -0.348 e. The number of amides is 1. The van der Waals surface area contributed by atoms with Gasteiger partial charge in [0.15, 0.2) is 6.04 Å². The van der Waals surface area contributed by atoms with Gasteiger partial charge in [-0.2, -0.15) is 4.31 Å². The number of carbonyl (C=O) groups is 1. The highest BCUT2D eigenvalue weighted by atomic mass is 35.5. The van der Waals surface area contributed by atoms with E-state index in [1.54, 1.807) is 18.2 Å². The van der Waals surface area contributed by atoms with Gasteiger partial charge in [-0.05, 0) is 31.9 Å². The number of hydrogen-bond acceptors (Lipinski definition) is 3. The second-order valence-corrected chi connectivity index (χ2v) is 8.81. The molecule has 8 heteroatoms. The number of nitrogens with zero attached hydrogens (tertiary/aromatic N) is 1. The number of halogens is 1. The van der Waals surface area contributed by atoms with E-state index in [4.69, 9.17) is 11.6 Å². The number of benzene rings is 1. The molecule has 0 unspecified atom stereocenters. The van der Waals surface area contributed by atoms with Crippen molar-refractivity contribution in [1.82, 2.24) is 9.62 Å².